The molecule has 4 N–H and O–H groups in total. The first-order valence-electron chi connectivity index (χ1n) is 10.6. The second kappa shape index (κ2) is 8.71. The Kier molecular flexibility index (Phi) is 5.57. The van der Waals surface area contributed by atoms with Gasteiger partial charge in [0.2, 0.25) is 5.95 Å². The number of fused-ring (bicyclic) bond motifs is 1. The minimum Gasteiger partial charge on any atom is -0.394 e. The van der Waals surface area contributed by atoms with Crippen LogP contribution in [0.15, 0.2) is 71.8 Å². The molecule has 1 aliphatic rings. The molecule has 0 spiro atoms. The molecule has 0 aliphatic carbocycles. The van der Waals surface area contributed by atoms with Crippen LogP contribution in [0.4, 0.5) is 22.1 Å². The number of benzene rings is 2. The maximum absolute atomic E-state index is 13.7. The summed E-state index contributed by atoms with van der Waals surface area (Å²) < 4.78 is 7.89. The van der Waals surface area contributed by atoms with Crippen molar-refractivity contribution in [3.05, 3.63) is 77.3 Å². The first-order chi connectivity index (χ1) is 16.5. The van der Waals surface area contributed by atoms with E-state index in [4.69, 9.17) is 10.5 Å². The molecule has 1 aliphatic heterocycles. The minimum absolute atomic E-state index is 0.0749. The number of hydrogen-bond donors (Lipinski definition) is 3. The maximum Gasteiger partial charge on any atom is 0.343 e. The summed E-state index contributed by atoms with van der Waals surface area (Å²) >= 11 is 0. The van der Waals surface area contributed by atoms with Gasteiger partial charge in [-0.15, -0.1) is 0 Å². The molecule has 3 atom stereocenters. The molecule has 4 aromatic rings. The van der Waals surface area contributed by atoms with Gasteiger partial charge in [-0.25, -0.2) is 9.78 Å². The van der Waals surface area contributed by atoms with Crippen LogP contribution in [0.5, 0.6) is 0 Å². The second-order valence-electron chi connectivity index (χ2n) is 7.84. The van der Waals surface area contributed by atoms with Crippen LogP contribution in [0.3, 0.4) is 0 Å². The predicted octanol–water partition coefficient (Wildman–Crippen LogP) is 1.62. The lowest BCUT2D eigenvalue weighted by molar-refractivity contribution is -0.0432. The first-order valence-corrected chi connectivity index (χ1v) is 10.6. The number of anilines is 3. The van der Waals surface area contributed by atoms with E-state index in [1.54, 1.807) is 48.5 Å². The number of amides is 1. The largest absolute Gasteiger partial charge is 0.394 e. The number of nitrogens with zero attached hydrogens (tertiary/aromatic N) is 5. The number of hydrogen-bond acceptors (Lipinski definition) is 8. The zero-order valence-corrected chi connectivity index (χ0v) is 17.9. The number of ether oxygens (including phenoxy) is 1. The van der Waals surface area contributed by atoms with E-state index in [1.807, 2.05) is 12.1 Å². The quantitative estimate of drug-likeness (QED) is 0.414. The number of nitrogen functional groups attached to an aromatic ring is 1. The summed E-state index contributed by atoms with van der Waals surface area (Å²) in [4.78, 5) is 36.8. The molecule has 174 valence electrons. The Bertz CT molecular complexity index is 1350. The molecular weight excluding hydrogens is 440 g/mol. The molecule has 1 fully saturated rings. The van der Waals surface area contributed by atoms with Gasteiger partial charge < -0.3 is 20.7 Å². The highest BCUT2D eigenvalue weighted by atomic mass is 16.5. The Morgan fingerprint density at radius 3 is 2.29 bits per heavy atom. The molecule has 0 radical (unpaired) electrons. The average Bonchev–Trinajstić information content (AvgIpc) is 3.43. The lowest BCUT2D eigenvalue weighted by Gasteiger charge is -2.24. The van der Waals surface area contributed by atoms with E-state index in [2.05, 4.69) is 9.97 Å². The van der Waals surface area contributed by atoms with Crippen molar-refractivity contribution < 1.29 is 19.7 Å². The molecule has 2 aromatic heterocycles. The predicted molar refractivity (Wildman–Crippen MR) is 124 cm³/mol. The number of aromatic nitrogens is 4. The Balaban J connectivity index is 1.60. The fourth-order valence-corrected chi connectivity index (χ4v) is 4.05. The van der Waals surface area contributed by atoms with E-state index in [0.29, 0.717) is 11.4 Å². The van der Waals surface area contributed by atoms with E-state index < -0.39 is 30.0 Å². The second-order valence-corrected chi connectivity index (χ2v) is 7.84. The van der Waals surface area contributed by atoms with E-state index in [-0.39, 0.29) is 30.1 Å². The highest BCUT2D eigenvalue weighted by Gasteiger charge is 2.36. The molecule has 0 bridgehead atoms. The van der Waals surface area contributed by atoms with Crippen molar-refractivity contribution in [3.8, 4) is 0 Å². The number of nitrogens with two attached hydrogens (primary N) is 1. The van der Waals surface area contributed by atoms with Crippen LogP contribution in [-0.4, -0.2) is 54.2 Å². The van der Waals surface area contributed by atoms with Crippen LogP contribution in [0, 0.1) is 0 Å². The topological polar surface area (TPSA) is 149 Å². The number of rotatable bonds is 4. The van der Waals surface area contributed by atoms with Crippen LogP contribution in [0.25, 0.3) is 11.2 Å². The summed E-state index contributed by atoms with van der Waals surface area (Å²) in [6, 6.07) is 17.0. The van der Waals surface area contributed by atoms with Gasteiger partial charge in [0.05, 0.1) is 30.4 Å². The van der Waals surface area contributed by atoms with Gasteiger partial charge in [-0.05, 0) is 24.3 Å². The number of carbonyl (C=O) groups is 1. The molecule has 5 rings (SSSR count). The number of aliphatic hydroxyl groups excluding tert-OH is 2. The van der Waals surface area contributed by atoms with Gasteiger partial charge in [-0.3, -0.25) is 14.3 Å². The summed E-state index contributed by atoms with van der Waals surface area (Å²) in [6.07, 6.45) is -0.809. The summed E-state index contributed by atoms with van der Waals surface area (Å²) in [6.45, 7) is -0.351. The normalized spacial score (nSPS) is 20.0. The highest BCUT2D eigenvalue weighted by Crippen LogP contribution is 2.31. The van der Waals surface area contributed by atoms with E-state index >= 15 is 0 Å². The zero-order chi connectivity index (χ0) is 23.8. The van der Waals surface area contributed by atoms with Gasteiger partial charge in [0.1, 0.15) is 12.3 Å². The van der Waals surface area contributed by atoms with Gasteiger partial charge in [-0.1, -0.05) is 36.4 Å². The molecule has 1 saturated heterocycles. The summed E-state index contributed by atoms with van der Waals surface area (Å²) in [5.41, 5.74) is 6.51. The molecule has 0 unspecified atom stereocenters. The van der Waals surface area contributed by atoms with Gasteiger partial charge in [-0.2, -0.15) is 9.55 Å². The van der Waals surface area contributed by atoms with Crippen LogP contribution in [-0.2, 0) is 4.74 Å². The van der Waals surface area contributed by atoms with Gasteiger partial charge in [0.15, 0.2) is 11.2 Å². The molecule has 2 aromatic carbocycles. The first kappa shape index (κ1) is 21.8. The number of aliphatic hydroxyl groups is 2. The van der Waals surface area contributed by atoms with E-state index in [9.17, 15) is 19.8 Å². The van der Waals surface area contributed by atoms with Crippen LogP contribution >= 0.6 is 0 Å². The Hall–Kier alpha value is -4.06. The molecule has 1 amide bonds. The van der Waals surface area contributed by atoms with Crippen molar-refractivity contribution in [1.82, 2.24) is 19.1 Å². The molecule has 3 heterocycles. The van der Waals surface area contributed by atoms with Crippen molar-refractivity contribution in [2.24, 2.45) is 0 Å². The lowest BCUT2D eigenvalue weighted by atomic mass is 10.2. The Morgan fingerprint density at radius 2 is 1.74 bits per heavy atom. The van der Waals surface area contributed by atoms with E-state index in [0.717, 1.165) is 4.57 Å². The number of carbonyl (C=O) groups excluding carboxylic acids is 1. The monoisotopic (exact) mass is 462 g/mol. The zero-order valence-electron chi connectivity index (χ0n) is 17.9. The molecule has 34 heavy (non-hydrogen) atoms. The van der Waals surface area contributed by atoms with Crippen LogP contribution < -0.4 is 16.2 Å². The van der Waals surface area contributed by atoms with Crippen molar-refractivity contribution >= 4 is 34.5 Å². The third-order valence-corrected chi connectivity index (χ3v) is 5.73. The molecule has 0 saturated carbocycles. The molecular formula is C23H22N6O5. The third kappa shape index (κ3) is 3.61. The standard InChI is InChI=1S/C23H22N6O5/c24-22-26-20-19(25-13-27(20)18-11-16(31)17(12-30)34-18)21(32)29(22)23(33)28(14-7-3-1-4-8-14)15-9-5-2-6-10-15/h1-10,13,16-18,30-31H,11-12H2,(H2,24,26)/t16-,17+,18+/m0/s1. The third-order valence-electron chi connectivity index (χ3n) is 5.73. The van der Waals surface area contributed by atoms with Crippen molar-refractivity contribution in [3.63, 3.8) is 0 Å². The van der Waals surface area contributed by atoms with Gasteiger partial charge in [0.25, 0.3) is 5.56 Å². The van der Waals surface area contributed by atoms with Crippen molar-refractivity contribution in [2.45, 2.75) is 24.9 Å². The number of imidazole rings is 1. The maximum atomic E-state index is 13.7. The van der Waals surface area contributed by atoms with Crippen LogP contribution in [0.1, 0.15) is 12.6 Å². The summed E-state index contributed by atoms with van der Waals surface area (Å²) in [5.74, 6) is -0.321. The Labute approximate surface area is 193 Å². The van der Waals surface area contributed by atoms with Gasteiger partial charge >= 0.3 is 6.03 Å². The smallest absolute Gasteiger partial charge is 0.343 e. The molecule has 11 heteroatoms. The lowest BCUT2D eigenvalue weighted by Crippen LogP contribution is -2.39. The minimum atomic E-state index is -0.878. The Morgan fingerprint density at radius 1 is 1.12 bits per heavy atom. The SMILES string of the molecule is Nc1nc2c(ncn2[C@H]2C[C@H](O)[C@@H](CO)O2)c(=O)n1C(=O)N(c1ccccc1)c1ccccc1. The fraction of sp³-hybridized carbons (Fsp3) is 0.217. The van der Waals surface area contributed by atoms with Gasteiger partial charge in [0, 0.05) is 6.42 Å². The van der Waals surface area contributed by atoms with E-state index in [1.165, 1.54) is 15.8 Å². The summed E-state index contributed by atoms with van der Waals surface area (Å²) in [5, 5.41) is 19.4. The molecule has 11 nitrogen and oxygen atoms in total. The fourth-order valence-electron chi connectivity index (χ4n) is 4.05. The van der Waals surface area contributed by atoms with Crippen molar-refractivity contribution in [1.29, 1.82) is 0 Å². The van der Waals surface area contributed by atoms with Crippen LogP contribution in [0.2, 0.25) is 0 Å². The summed E-state index contributed by atoms with van der Waals surface area (Å²) in [7, 11) is 0. The number of para-hydroxylation sites is 2. The highest BCUT2D eigenvalue weighted by molar-refractivity contribution is 6.02. The average molecular weight is 462 g/mol. The van der Waals surface area contributed by atoms with Crippen molar-refractivity contribution in [2.75, 3.05) is 17.2 Å².